The Labute approximate surface area is 74.3 Å². The summed E-state index contributed by atoms with van der Waals surface area (Å²) in [5, 5.41) is 0. The minimum absolute atomic E-state index is 0.151. The lowest BCUT2D eigenvalue weighted by Gasteiger charge is -2.22. The van der Waals surface area contributed by atoms with Crippen LogP contribution in [-0.4, -0.2) is 17.6 Å². The van der Waals surface area contributed by atoms with Crippen LogP contribution in [0.25, 0.3) is 0 Å². The number of hydrogen-bond acceptors (Lipinski definition) is 3. The molecule has 13 heavy (non-hydrogen) atoms. The van der Waals surface area contributed by atoms with Crippen molar-refractivity contribution in [1.82, 2.24) is 0 Å². The molecular weight excluding hydrogens is 185 g/mol. The summed E-state index contributed by atoms with van der Waals surface area (Å²) >= 11 is 0. The van der Waals surface area contributed by atoms with Crippen LogP contribution in [0.1, 0.15) is 26.2 Å². The van der Waals surface area contributed by atoms with E-state index in [0.29, 0.717) is 6.42 Å². The Kier molecular flexibility index (Phi) is 3.87. The first kappa shape index (κ1) is 12.4. The lowest BCUT2D eigenvalue weighted by molar-refractivity contribution is -0.171. The van der Waals surface area contributed by atoms with Crippen LogP contribution in [0.4, 0.5) is 13.2 Å². The molecule has 0 aliphatic rings. The van der Waals surface area contributed by atoms with Gasteiger partial charge in [-0.1, -0.05) is 6.92 Å². The smallest absolute Gasteiger partial charge is 0.313 e. The number of carbonyl (C=O) groups is 1. The summed E-state index contributed by atoms with van der Waals surface area (Å²) in [6.07, 6.45) is -5.24. The van der Waals surface area contributed by atoms with Crippen LogP contribution < -0.4 is 11.5 Å². The summed E-state index contributed by atoms with van der Waals surface area (Å²) in [5.41, 5.74) is 9.55. The molecule has 0 saturated carbocycles. The van der Waals surface area contributed by atoms with Crippen molar-refractivity contribution in [3.63, 3.8) is 0 Å². The molecule has 0 aliphatic carbocycles. The molecule has 0 radical (unpaired) electrons. The van der Waals surface area contributed by atoms with Gasteiger partial charge in [-0.25, -0.2) is 0 Å². The molecule has 0 aliphatic heterocycles. The maximum atomic E-state index is 11.7. The number of Topliss-reactive ketones (excluding diaryl/α,β-unsaturated/α-hetero) is 1. The third kappa shape index (κ3) is 4.84. The summed E-state index contributed by atoms with van der Waals surface area (Å²) in [4.78, 5) is 10.4. The molecule has 0 rings (SSSR count). The third-order valence-corrected chi connectivity index (χ3v) is 1.79. The van der Waals surface area contributed by atoms with Gasteiger partial charge in [-0.2, -0.15) is 13.2 Å². The highest BCUT2D eigenvalue weighted by molar-refractivity contribution is 5.83. The molecule has 0 heterocycles. The molecule has 0 amide bonds. The Morgan fingerprint density at radius 2 is 1.77 bits per heavy atom. The van der Waals surface area contributed by atoms with Crippen molar-refractivity contribution < 1.29 is 18.0 Å². The Hall–Kier alpha value is -0.620. The Bertz CT molecular complexity index is 189. The van der Waals surface area contributed by atoms with Gasteiger partial charge in [0, 0.05) is 6.42 Å². The predicted octanol–water partition coefficient (Wildman–Crippen LogP) is 0.922. The first-order valence-electron chi connectivity index (χ1n) is 3.87. The number of ketones is 1. The van der Waals surface area contributed by atoms with Crippen molar-refractivity contribution >= 4 is 5.78 Å². The van der Waals surface area contributed by atoms with Gasteiger partial charge in [-0.3, -0.25) is 4.79 Å². The van der Waals surface area contributed by atoms with Crippen molar-refractivity contribution in [2.45, 2.75) is 38.0 Å². The Morgan fingerprint density at radius 3 is 2.08 bits per heavy atom. The molecule has 0 saturated heterocycles. The summed E-state index contributed by atoms with van der Waals surface area (Å²) in [7, 11) is 0. The van der Waals surface area contributed by atoms with E-state index in [2.05, 4.69) is 0 Å². The molecule has 0 aromatic carbocycles. The fraction of sp³-hybridized carbons (Fsp3) is 0.857. The lowest BCUT2D eigenvalue weighted by atomic mass is 10.0. The molecule has 6 heteroatoms. The number of hydrogen-bond donors (Lipinski definition) is 2. The van der Waals surface area contributed by atoms with E-state index in [4.69, 9.17) is 11.5 Å². The van der Waals surface area contributed by atoms with Crippen LogP contribution >= 0.6 is 0 Å². The van der Waals surface area contributed by atoms with E-state index in [-0.39, 0.29) is 6.42 Å². The van der Waals surface area contributed by atoms with Gasteiger partial charge in [-0.05, 0) is 12.8 Å². The standard InChI is InChI=1S/C7H13F3N2O/c1-2-6(11,12)4-3-5(13)7(8,9)10/h2-4,11-12H2,1H3. The summed E-state index contributed by atoms with van der Waals surface area (Å²) in [6, 6.07) is 0. The van der Waals surface area contributed by atoms with Crippen LogP contribution in [0.3, 0.4) is 0 Å². The third-order valence-electron chi connectivity index (χ3n) is 1.79. The highest BCUT2D eigenvalue weighted by atomic mass is 19.4. The van der Waals surface area contributed by atoms with Crippen molar-refractivity contribution in [2.75, 3.05) is 0 Å². The molecule has 0 unspecified atom stereocenters. The van der Waals surface area contributed by atoms with Crippen molar-refractivity contribution in [3.05, 3.63) is 0 Å². The first-order chi connectivity index (χ1) is 5.69. The molecule has 78 valence electrons. The molecule has 4 N–H and O–H groups in total. The van der Waals surface area contributed by atoms with E-state index in [9.17, 15) is 18.0 Å². The van der Waals surface area contributed by atoms with E-state index in [1.54, 1.807) is 6.92 Å². The van der Waals surface area contributed by atoms with Gasteiger partial charge >= 0.3 is 6.18 Å². The minimum Gasteiger partial charge on any atom is -0.313 e. The Balaban J connectivity index is 3.98. The molecule has 0 fully saturated rings. The second-order valence-electron chi connectivity index (χ2n) is 3.01. The maximum Gasteiger partial charge on any atom is 0.449 e. The highest BCUT2D eigenvalue weighted by Crippen LogP contribution is 2.20. The molecule has 3 nitrogen and oxygen atoms in total. The van der Waals surface area contributed by atoms with Crippen LogP contribution in [0, 0.1) is 0 Å². The fourth-order valence-electron chi connectivity index (χ4n) is 0.665. The van der Waals surface area contributed by atoms with E-state index >= 15 is 0 Å². The summed E-state index contributed by atoms with van der Waals surface area (Å²) < 4.78 is 35.1. The van der Waals surface area contributed by atoms with Crippen LogP contribution in [0.5, 0.6) is 0 Å². The highest BCUT2D eigenvalue weighted by Gasteiger charge is 2.38. The van der Waals surface area contributed by atoms with Crippen LogP contribution in [0.2, 0.25) is 0 Å². The lowest BCUT2D eigenvalue weighted by Crippen LogP contribution is -2.49. The minimum atomic E-state index is -4.77. The van der Waals surface area contributed by atoms with E-state index in [1.165, 1.54) is 0 Å². The molecule has 0 spiro atoms. The van der Waals surface area contributed by atoms with Gasteiger partial charge in [0.25, 0.3) is 0 Å². The zero-order chi connectivity index (χ0) is 10.7. The summed E-state index contributed by atoms with van der Waals surface area (Å²) in [5.74, 6) is -1.78. The number of carbonyl (C=O) groups excluding carboxylic acids is 1. The first-order valence-corrected chi connectivity index (χ1v) is 3.87. The predicted molar refractivity (Wildman–Crippen MR) is 41.7 cm³/mol. The summed E-state index contributed by atoms with van der Waals surface area (Å²) in [6.45, 7) is 1.65. The average Bonchev–Trinajstić information content (AvgIpc) is 1.98. The zero-order valence-electron chi connectivity index (χ0n) is 7.32. The zero-order valence-corrected chi connectivity index (χ0v) is 7.32. The molecular formula is C7H13F3N2O. The van der Waals surface area contributed by atoms with Crippen molar-refractivity contribution in [2.24, 2.45) is 11.5 Å². The maximum absolute atomic E-state index is 11.7. The number of halogens is 3. The number of nitrogens with two attached hydrogens (primary N) is 2. The van der Waals surface area contributed by atoms with E-state index in [0.717, 1.165) is 0 Å². The molecule has 0 aromatic heterocycles. The quantitative estimate of drug-likeness (QED) is 0.660. The second kappa shape index (κ2) is 4.06. The van der Waals surface area contributed by atoms with Gasteiger partial charge < -0.3 is 11.5 Å². The van der Waals surface area contributed by atoms with Gasteiger partial charge in [0.1, 0.15) is 0 Å². The van der Waals surface area contributed by atoms with Gasteiger partial charge in [0.05, 0.1) is 5.66 Å². The average molecular weight is 198 g/mol. The van der Waals surface area contributed by atoms with Crippen LogP contribution in [-0.2, 0) is 4.79 Å². The largest absolute Gasteiger partial charge is 0.449 e. The number of rotatable bonds is 4. The van der Waals surface area contributed by atoms with Crippen molar-refractivity contribution in [3.8, 4) is 0 Å². The van der Waals surface area contributed by atoms with Crippen LogP contribution in [0.15, 0.2) is 0 Å². The van der Waals surface area contributed by atoms with Gasteiger partial charge in [-0.15, -0.1) is 0 Å². The number of alkyl halides is 3. The SMILES string of the molecule is CCC(N)(N)CCC(=O)C(F)(F)F. The normalized spacial score (nSPS) is 13.1. The van der Waals surface area contributed by atoms with Gasteiger partial charge in [0.15, 0.2) is 0 Å². The Morgan fingerprint density at radius 1 is 1.31 bits per heavy atom. The second-order valence-corrected chi connectivity index (χ2v) is 3.01. The topological polar surface area (TPSA) is 69.1 Å². The molecule has 0 bridgehead atoms. The monoisotopic (exact) mass is 198 g/mol. The van der Waals surface area contributed by atoms with Crippen molar-refractivity contribution in [1.29, 1.82) is 0 Å². The van der Waals surface area contributed by atoms with E-state index in [1.807, 2.05) is 0 Å². The fourth-order valence-corrected chi connectivity index (χ4v) is 0.665. The molecule has 0 atom stereocenters. The van der Waals surface area contributed by atoms with Gasteiger partial charge in [0.2, 0.25) is 5.78 Å². The molecule has 0 aromatic rings. The van der Waals surface area contributed by atoms with E-state index < -0.39 is 24.0 Å².